The predicted octanol–water partition coefficient (Wildman–Crippen LogP) is 2.03. The molecule has 2 aromatic rings. The number of hydrogen-bond donors (Lipinski definition) is 1. The second-order valence-electron chi connectivity index (χ2n) is 3.56. The van der Waals surface area contributed by atoms with Gasteiger partial charge in [0.05, 0.1) is 10.7 Å². The van der Waals surface area contributed by atoms with E-state index in [0.717, 1.165) is 0 Å². The summed E-state index contributed by atoms with van der Waals surface area (Å²) >= 11 is 6.02. The number of aromatic nitrogens is 3. The second-order valence-corrected chi connectivity index (χ2v) is 3.94. The minimum Gasteiger partial charge on any atom is -0.321 e. The van der Waals surface area contributed by atoms with Crippen LogP contribution in [-0.2, 0) is 7.05 Å². The lowest BCUT2D eigenvalue weighted by Gasteiger charge is -2.05. The van der Waals surface area contributed by atoms with Gasteiger partial charge in [-0.15, -0.1) is 0 Å². The SMILES string of the molecule is Cc1nn(C)c(C(=O)Nc2ccncc2)c1Cl. The van der Waals surface area contributed by atoms with Gasteiger partial charge >= 0.3 is 0 Å². The van der Waals surface area contributed by atoms with Gasteiger partial charge in [0.1, 0.15) is 5.69 Å². The Bertz CT molecular complexity index is 550. The van der Waals surface area contributed by atoms with Gasteiger partial charge < -0.3 is 5.32 Å². The van der Waals surface area contributed by atoms with Crippen molar-refractivity contribution >= 4 is 23.2 Å². The lowest BCUT2D eigenvalue weighted by molar-refractivity contribution is 0.101. The summed E-state index contributed by atoms with van der Waals surface area (Å²) in [6, 6.07) is 3.41. The molecule has 0 spiro atoms. The molecule has 0 fully saturated rings. The molecule has 0 aromatic carbocycles. The fourth-order valence-corrected chi connectivity index (χ4v) is 1.75. The zero-order valence-corrected chi connectivity index (χ0v) is 10.2. The third-order valence-electron chi connectivity index (χ3n) is 2.30. The maximum absolute atomic E-state index is 12.0. The Labute approximate surface area is 103 Å². The minimum absolute atomic E-state index is 0.288. The molecule has 17 heavy (non-hydrogen) atoms. The first-order chi connectivity index (χ1) is 8.09. The number of nitrogens with zero attached hydrogens (tertiary/aromatic N) is 3. The topological polar surface area (TPSA) is 59.8 Å². The summed E-state index contributed by atoms with van der Waals surface area (Å²) in [7, 11) is 1.68. The molecule has 0 unspecified atom stereocenters. The van der Waals surface area contributed by atoms with Gasteiger partial charge in [-0.3, -0.25) is 14.5 Å². The molecule has 0 saturated carbocycles. The average Bonchev–Trinajstić information content (AvgIpc) is 2.54. The van der Waals surface area contributed by atoms with Gasteiger partial charge in [0.15, 0.2) is 0 Å². The molecule has 1 amide bonds. The lowest BCUT2D eigenvalue weighted by atomic mass is 10.3. The zero-order chi connectivity index (χ0) is 12.4. The number of rotatable bonds is 2. The van der Waals surface area contributed by atoms with Crippen molar-refractivity contribution in [3.63, 3.8) is 0 Å². The van der Waals surface area contributed by atoms with E-state index in [0.29, 0.717) is 22.1 Å². The quantitative estimate of drug-likeness (QED) is 0.887. The molecule has 0 bridgehead atoms. The van der Waals surface area contributed by atoms with Crippen LogP contribution in [0.4, 0.5) is 5.69 Å². The van der Waals surface area contributed by atoms with Gasteiger partial charge in [-0.2, -0.15) is 5.10 Å². The highest BCUT2D eigenvalue weighted by molar-refractivity contribution is 6.34. The molecule has 0 aliphatic rings. The van der Waals surface area contributed by atoms with Crippen LogP contribution in [0.1, 0.15) is 16.2 Å². The van der Waals surface area contributed by atoms with Crippen LogP contribution >= 0.6 is 11.6 Å². The van der Waals surface area contributed by atoms with Crippen LogP contribution in [0.25, 0.3) is 0 Å². The van der Waals surface area contributed by atoms with Gasteiger partial charge in [0.2, 0.25) is 0 Å². The molecule has 88 valence electrons. The minimum atomic E-state index is -0.288. The van der Waals surface area contributed by atoms with E-state index in [-0.39, 0.29) is 5.91 Å². The third kappa shape index (κ3) is 2.29. The average molecular weight is 251 g/mol. The van der Waals surface area contributed by atoms with Crippen molar-refractivity contribution in [2.24, 2.45) is 7.05 Å². The van der Waals surface area contributed by atoms with E-state index in [1.54, 1.807) is 38.5 Å². The highest BCUT2D eigenvalue weighted by Crippen LogP contribution is 2.20. The predicted molar refractivity (Wildman–Crippen MR) is 65.1 cm³/mol. The summed E-state index contributed by atoms with van der Waals surface area (Å²) in [4.78, 5) is 15.9. The molecular formula is C11H11ClN4O. The summed E-state index contributed by atoms with van der Waals surface area (Å²) in [5.74, 6) is -0.288. The van der Waals surface area contributed by atoms with Crippen LogP contribution in [0, 0.1) is 6.92 Å². The Balaban J connectivity index is 2.27. The van der Waals surface area contributed by atoms with Crippen molar-refractivity contribution < 1.29 is 4.79 Å². The number of carbonyl (C=O) groups is 1. The van der Waals surface area contributed by atoms with E-state index in [1.807, 2.05) is 0 Å². The highest BCUT2D eigenvalue weighted by atomic mass is 35.5. The van der Waals surface area contributed by atoms with E-state index in [9.17, 15) is 4.79 Å². The first-order valence-corrected chi connectivity index (χ1v) is 5.38. The van der Waals surface area contributed by atoms with Crippen molar-refractivity contribution in [3.05, 3.63) is 40.9 Å². The summed E-state index contributed by atoms with van der Waals surface area (Å²) in [6.45, 7) is 1.76. The van der Waals surface area contributed by atoms with E-state index >= 15 is 0 Å². The molecule has 2 aromatic heterocycles. The lowest BCUT2D eigenvalue weighted by Crippen LogP contribution is -2.16. The Kier molecular flexibility index (Phi) is 3.10. The standard InChI is InChI=1S/C11H11ClN4O/c1-7-9(12)10(16(2)15-7)11(17)14-8-3-5-13-6-4-8/h3-6H,1-2H3,(H,13,14,17). The molecule has 0 atom stereocenters. The van der Waals surface area contributed by atoms with E-state index in [4.69, 9.17) is 11.6 Å². The molecule has 6 heteroatoms. The van der Waals surface area contributed by atoms with Crippen molar-refractivity contribution in [1.29, 1.82) is 0 Å². The molecule has 2 rings (SSSR count). The van der Waals surface area contributed by atoms with Crippen molar-refractivity contribution in [2.45, 2.75) is 6.92 Å². The maximum atomic E-state index is 12.0. The summed E-state index contributed by atoms with van der Waals surface area (Å²) in [5, 5.41) is 7.19. The maximum Gasteiger partial charge on any atom is 0.275 e. The van der Waals surface area contributed by atoms with E-state index in [1.165, 1.54) is 4.68 Å². The third-order valence-corrected chi connectivity index (χ3v) is 2.75. The van der Waals surface area contributed by atoms with Crippen LogP contribution in [0.3, 0.4) is 0 Å². The first-order valence-electron chi connectivity index (χ1n) is 5.00. The monoisotopic (exact) mass is 250 g/mol. The van der Waals surface area contributed by atoms with Gasteiger partial charge in [0, 0.05) is 25.1 Å². The number of halogens is 1. The Hall–Kier alpha value is -1.88. The summed E-state index contributed by atoms with van der Waals surface area (Å²) in [5.41, 5.74) is 1.65. The van der Waals surface area contributed by atoms with Crippen LogP contribution in [0.5, 0.6) is 0 Å². The summed E-state index contributed by atoms with van der Waals surface area (Å²) in [6.07, 6.45) is 3.21. The number of nitrogens with one attached hydrogen (secondary N) is 1. The number of pyridine rings is 1. The molecule has 0 radical (unpaired) electrons. The summed E-state index contributed by atoms with van der Waals surface area (Å²) < 4.78 is 1.47. The Morgan fingerprint density at radius 2 is 2.06 bits per heavy atom. The largest absolute Gasteiger partial charge is 0.321 e. The molecular weight excluding hydrogens is 240 g/mol. The van der Waals surface area contributed by atoms with Crippen molar-refractivity contribution in [3.8, 4) is 0 Å². The molecule has 0 aliphatic heterocycles. The molecule has 5 nitrogen and oxygen atoms in total. The van der Waals surface area contributed by atoms with Gasteiger partial charge in [-0.1, -0.05) is 11.6 Å². The molecule has 2 heterocycles. The Morgan fingerprint density at radius 3 is 2.59 bits per heavy atom. The van der Waals surface area contributed by atoms with E-state index in [2.05, 4.69) is 15.4 Å². The first kappa shape index (κ1) is 11.6. The normalized spacial score (nSPS) is 10.3. The molecule has 0 saturated heterocycles. The fraction of sp³-hybridized carbons (Fsp3) is 0.182. The second kappa shape index (κ2) is 4.55. The molecule has 0 aliphatic carbocycles. The highest BCUT2D eigenvalue weighted by Gasteiger charge is 2.18. The van der Waals surface area contributed by atoms with Crippen molar-refractivity contribution in [1.82, 2.24) is 14.8 Å². The van der Waals surface area contributed by atoms with Crippen LogP contribution in [0.2, 0.25) is 5.02 Å². The number of hydrogen-bond acceptors (Lipinski definition) is 3. The zero-order valence-electron chi connectivity index (χ0n) is 9.44. The number of carbonyl (C=O) groups excluding carboxylic acids is 1. The number of aryl methyl sites for hydroxylation is 2. The van der Waals surface area contributed by atoms with Crippen LogP contribution < -0.4 is 5.32 Å². The van der Waals surface area contributed by atoms with Gasteiger partial charge in [-0.25, -0.2) is 0 Å². The Morgan fingerprint density at radius 1 is 1.41 bits per heavy atom. The van der Waals surface area contributed by atoms with Crippen molar-refractivity contribution in [2.75, 3.05) is 5.32 Å². The van der Waals surface area contributed by atoms with Gasteiger partial charge in [-0.05, 0) is 19.1 Å². The van der Waals surface area contributed by atoms with E-state index < -0.39 is 0 Å². The number of amides is 1. The fourth-order valence-electron chi connectivity index (χ4n) is 1.50. The number of anilines is 1. The smallest absolute Gasteiger partial charge is 0.275 e. The van der Waals surface area contributed by atoms with Crippen LogP contribution in [0.15, 0.2) is 24.5 Å². The van der Waals surface area contributed by atoms with Gasteiger partial charge in [0.25, 0.3) is 5.91 Å². The molecule has 1 N–H and O–H groups in total. The van der Waals surface area contributed by atoms with Crippen LogP contribution in [-0.4, -0.2) is 20.7 Å².